The maximum absolute atomic E-state index is 13.0. The Kier molecular flexibility index (Phi) is 4.44. The summed E-state index contributed by atoms with van der Waals surface area (Å²) in [6.07, 6.45) is 0.523. The van der Waals surface area contributed by atoms with Gasteiger partial charge in [0.1, 0.15) is 5.82 Å². The number of aryl methyl sites for hydroxylation is 1. The van der Waals surface area contributed by atoms with Crippen molar-refractivity contribution in [3.8, 4) is 16.4 Å². The van der Waals surface area contributed by atoms with Crippen molar-refractivity contribution in [2.24, 2.45) is 0 Å². The summed E-state index contributed by atoms with van der Waals surface area (Å²) in [7, 11) is 0. The lowest BCUT2D eigenvalue weighted by Gasteiger charge is -2.01. The van der Waals surface area contributed by atoms with Gasteiger partial charge in [-0.05, 0) is 50.1 Å². The van der Waals surface area contributed by atoms with E-state index >= 15 is 0 Å². The fourth-order valence-corrected chi connectivity index (χ4v) is 3.40. The largest absolute Gasteiger partial charge is 0.481 e. The van der Waals surface area contributed by atoms with Crippen molar-refractivity contribution in [2.75, 3.05) is 0 Å². The monoisotopic (exact) mass is 345 g/mol. The molecule has 124 valence electrons. The number of benzene rings is 1. The summed E-state index contributed by atoms with van der Waals surface area (Å²) >= 11 is 1.44. The van der Waals surface area contributed by atoms with Crippen LogP contribution in [0.5, 0.6) is 0 Å². The van der Waals surface area contributed by atoms with Gasteiger partial charge >= 0.3 is 5.97 Å². The Morgan fingerprint density at radius 3 is 2.67 bits per heavy atom. The van der Waals surface area contributed by atoms with E-state index in [1.54, 1.807) is 16.8 Å². The van der Waals surface area contributed by atoms with E-state index in [1.807, 2.05) is 19.2 Å². The molecule has 2 aromatic heterocycles. The second kappa shape index (κ2) is 6.52. The van der Waals surface area contributed by atoms with Crippen LogP contribution in [0.4, 0.5) is 4.39 Å². The van der Waals surface area contributed by atoms with Crippen molar-refractivity contribution < 1.29 is 14.3 Å². The van der Waals surface area contributed by atoms with Crippen molar-refractivity contribution >= 4 is 17.3 Å². The van der Waals surface area contributed by atoms with E-state index in [0.29, 0.717) is 11.6 Å². The zero-order chi connectivity index (χ0) is 17.3. The van der Waals surface area contributed by atoms with E-state index < -0.39 is 5.97 Å². The number of nitrogens with zero attached hydrogens (tertiary/aromatic N) is 3. The van der Waals surface area contributed by atoms with Crippen molar-refractivity contribution in [1.82, 2.24) is 14.8 Å². The average molecular weight is 345 g/mol. The van der Waals surface area contributed by atoms with Crippen LogP contribution in [0.1, 0.15) is 23.4 Å². The first-order chi connectivity index (χ1) is 11.5. The van der Waals surface area contributed by atoms with Gasteiger partial charge < -0.3 is 5.11 Å². The Morgan fingerprint density at radius 2 is 2.00 bits per heavy atom. The maximum Gasteiger partial charge on any atom is 0.303 e. The molecule has 0 spiro atoms. The minimum Gasteiger partial charge on any atom is -0.481 e. The van der Waals surface area contributed by atoms with Crippen LogP contribution < -0.4 is 0 Å². The van der Waals surface area contributed by atoms with Crippen LogP contribution in [0.25, 0.3) is 16.4 Å². The zero-order valence-electron chi connectivity index (χ0n) is 13.3. The average Bonchev–Trinajstić information content (AvgIpc) is 3.12. The normalized spacial score (nSPS) is 11.0. The van der Waals surface area contributed by atoms with Gasteiger partial charge in [-0.15, -0.1) is 11.3 Å². The smallest absolute Gasteiger partial charge is 0.303 e. The topological polar surface area (TPSA) is 68.0 Å². The molecule has 0 saturated heterocycles. The van der Waals surface area contributed by atoms with Crippen molar-refractivity contribution in [3.63, 3.8) is 0 Å². The standard InChI is InChI=1S/C17H16FN3O2S/c1-10-14(7-8-16(22)23)11(2)21(20-10)17-19-15(9-24-17)12-3-5-13(18)6-4-12/h3-6,9H,7-8H2,1-2H3,(H,22,23). The van der Waals surface area contributed by atoms with E-state index in [1.165, 1.54) is 23.5 Å². The Balaban J connectivity index is 1.91. The molecule has 0 aliphatic carbocycles. The highest BCUT2D eigenvalue weighted by Gasteiger charge is 2.16. The number of hydrogen-bond acceptors (Lipinski definition) is 4. The minimum atomic E-state index is -0.825. The Morgan fingerprint density at radius 1 is 1.29 bits per heavy atom. The summed E-state index contributed by atoms with van der Waals surface area (Å²) in [4.78, 5) is 15.4. The Bertz CT molecular complexity index is 884. The zero-order valence-corrected chi connectivity index (χ0v) is 14.1. The summed E-state index contributed by atoms with van der Waals surface area (Å²) in [6.45, 7) is 3.78. The molecule has 0 atom stereocenters. The number of hydrogen-bond donors (Lipinski definition) is 1. The molecule has 3 aromatic rings. The minimum absolute atomic E-state index is 0.0755. The van der Waals surface area contributed by atoms with Crippen LogP contribution >= 0.6 is 11.3 Å². The lowest BCUT2D eigenvalue weighted by Crippen LogP contribution is -2.01. The van der Waals surface area contributed by atoms with Crippen LogP contribution in [-0.4, -0.2) is 25.8 Å². The molecule has 2 heterocycles. The molecule has 0 radical (unpaired) electrons. The van der Waals surface area contributed by atoms with Crippen LogP contribution in [0, 0.1) is 19.7 Å². The molecule has 24 heavy (non-hydrogen) atoms. The summed E-state index contributed by atoms with van der Waals surface area (Å²) in [5, 5.41) is 16.0. The van der Waals surface area contributed by atoms with Crippen LogP contribution in [0.3, 0.4) is 0 Å². The molecule has 1 aromatic carbocycles. The van der Waals surface area contributed by atoms with Crippen LogP contribution in [-0.2, 0) is 11.2 Å². The SMILES string of the molecule is Cc1nn(-c2nc(-c3ccc(F)cc3)cs2)c(C)c1CCC(=O)O. The first-order valence-corrected chi connectivity index (χ1v) is 8.32. The van der Waals surface area contributed by atoms with Crippen molar-refractivity contribution in [2.45, 2.75) is 26.7 Å². The maximum atomic E-state index is 13.0. The van der Waals surface area contributed by atoms with Gasteiger partial charge in [0.2, 0.25) is 5.13 Å². The molecule has 0 bridgehead atoms. The number of aromatic nitrogens is 3. The summed E-state index contributed by atoms with van der Waals surface area (Å²) in [5.74, 6) is -1.11. The third-order valence-electron chi connectivity index (χ3n) is 3.84. The molecule has 0 unspecified atom stereocenters. The van der Waals surface area contributed by atoms with Crippen molar-refractivity contribution in [3.05, 3.63) is 52.4 Å². The van der Waals surface area contributed by atoms with Crippen molar-refractivity contribution in [1.29, 1.82) is 0 Å². The molecule has 1 N–H and O–H groups in total. The van der Waals surface area contributed by atoms with Gasteiger partial charge in [0.05, 0.1) is 11.4 Å². The molecular weight excluding hydrogens is 329 g/mol. The molecule has 0 saturated carbocycles. The Hall–Kier alpha value is -2.54. The number of carbonyl (C=O) groups is 1. The summed E-state index contributed by atoms with van der Waals surface area (Å²) in [6, 6.07) is 6.19. The predicted molar refractivity (Wildman–Crippen MR) is 90.1 cm³/mol. The van der Waals surface area contributed by atoms with Crippen LogP contribution in [0.15, 0.2) is 29.6 Å². The first-order valence-electron chi connectivity index (χ1n) is 7.44. The second-order valence-electron chi connectivity index (χ2n) is 5.48. The number of rotatable bonds is 5. The lowest BCUT2D eigenvalue weighted by molar-refractivity contribution is -0.136. The van der Waals surface area contributed by atoms with Gasteiger partial charge in [0.15, 0.2) is 0 Å². The lowest BCUT2D eigenvalue weighted by atomic mass is 10.1. The van der Waals surface area contributed by atoms with Crippen LogP contribution in [0.2, 0.25) is 0 Å². The number of aliphatic carboxylic acids is 1. The quantitative estimate of drug-likeness (QED) is 0.764. The van der Waals surface area contributed by atoms with Gasteiger partial charge in [-0.3, -0.25) is 4.79 Å². The molecule has 0 amide bonds. The Labute approximate surface area is 142 Å². The fraction of sp³-hybridized carbons (Fsp3) is 0.235. The third kappa shape index (κ3) is 3.21. The van der Waals surface area contributed by atoms with Gasteiger partial charge in [-0.2, -0.15) is 5.10 Å². The molecule has 5 nitrogen and oxygen atoms in total. The summed E-state index contributed by atoms with van der Waals surface area (Å²) in [5.41, 5.74) is 4.25. The first kappa shape index (κ1) is 16.3. The van der Waals surface area contributed by atoms with E-state index in [-0.39, 0.29) is 12.2 Å². The predicted octanol–water partition coefficient (Wildman–Crippen LogP) is 3.77. The van der Waals surface area contributed by atoms with E-state index in [9.17, 15) is 9.18 Å². The number of carboxylic acids is 1. The highest BCUT2D eigenvalue weighted by molar-refractivity contribution is 7.12. The fourth-order valence-electron chi connectivity index (χ4n) is 2.57. The number of thiazole rings is 1. The highest BCUT2D eigenvalue weighted by Crippen LogP contribution is 2.26. The van der Waals surface area contributed by atoms with Gasteiger partial charge in [-0.25, -0.2) is 14.1 Å². The number of carboxylic acid groups (broad SMARTS) is 1. The van der Waals surface area contributed by atoms with E-state index in [4.69, 9.17) is 5.11 Å². The van der Waals surface area contributed by atoms with Gasteiger partial charge in [0.25, 0.3) is 0 Å². The molecule has 0 aliphatic heterocycles. The van der Waals surface area contributed by atoms with E-state index in [2.05, 4.69) is 10.1 Å². The van der Waals surface area contributed by atoms with E-state index in [0.717, 1.165) is 28.2 Å². The molecule has 3 rings (SSSR count). The highest BCUT2D eigenvalue weighted by atomic mass is 32.1. The molecular formula is C17H16FN3O2S. The van der Waals surface area contributed by atoms with Gasteiger partial charge in [0, 0.05) is 23.1 Å². The third-order valence-corrected chi connectivity index (χ3v) is 4.66. The van der Waals surface area contributed by atoms with Gasteiger partial charge in [-0.1, -0.05) is 0 Å². The molecule has 7 heteroatoms. The molecule has 0 fully saturated rings. The number of halogens is 1. The second-order valence-corrected chi connectivity index (χ2v) is 6.31. The summed E-state index contributed by atoms with van der Waals surface area (Å²) < 4.78 is 14.8. The molecule has 0 aliphatic rings.